The van der Waals surface area contributed by atoms with Crippen molar-refractivity contribution in [2.75, 3.05) is 6.61 Å². The van der Waals surface area contributed by atoms with Crippen LogP contribution >= 0.6 is 15.9 Å². The second kappa shape index (κ2) is 9.14. The van der Waals surface area contributed by atoms with Gasteiger partial charge in [0.05, 0.1) is 0 Å². The molecule has 0 bridgehead atoms. The minimum absolute atomic E-state index is 0.279. The van der Waals surface area contributed by atoms with Crippen molar-refractivity contribution in [2.24, 2.45) is 0 Å². The molecule has 0 saturated carbocycles. The van der Waals surface area contributed by atoms with Gasteiger partial charge in [0.15, 0.2) is 12.7 Å². The molecule has 0 N–H and O–H groups in total. The molecule has 0 aliphatic carbocycles. The van der Waals surface area contributed by atoms with E-state index in [9.17, 15) is 9.59 Å². The summed E-state index contributed by atoms with van der Waals surface area (Å²) < 4.78 is 11.8. The van der Waals surface area contributed by atoms with Gasteiger partial charge in [0, 0.05) is 15.6 Å². The Morgan fingerprint density at radius 2 is 1.41 bits per heavy atom. The number of hydrogen-bond acceptors (Lipinski definition) is 4. The van der Waals surface area contributed by atoms with Gasteiger partial charge in [-0.3, -0.25) is 4.79 Å². The Balaban J connectivity index is 1.72. The van der Waals surface area contributed by atoms with Gasteiger partial charge in [0.2, 0.25) is 5.78 Å². The van der Waals surface area contributed by atoms with Gasteiger partial charge in [-0.25, -0.2) is 4.79 Å². The van der Waals surface area contributed by atoms with Crippen molar-refractivity contribution in [2.45, 2.75) is 6.10 Å². The Morgan fingerprint density at radius 3 is 2.04 bits per heavy atom. The minimum atomic E-state index is -1.02. The molecule has 0 spiro atoms. The molecule has 0 amide bonds. The van der Waals surface area contributed by atoms with E-state index in [1.165, 1.54) is 0 Å². The zero-order valence-corrected chi connectivity index (χ0v) is 16.0. The highest BCUT2D eigenvalue weighted by molar-refractivity contribution is 9.10. The summed E-state index contributed by atoms with van der Waals surface area (Å²) in [4.78, 5) is 25.2. The average molecular weight is 425 g/mol. The lowest BCUT2D eigenvalue weighted by molar-refractivity contribution is -0.149. The fraction of sp³-hybridized carbons (Fsp3) is 0.0909. The molecule has 0 unspecified atom stereocenters. The standard InChI is InChI=1S/C22H17BrO4/c23-18-11-13-19(14-12-18)26-15-20(24)27-22(17-9-5-2-6-10-17)21(25)16-7-3-1-4-8-16/h1-14,22H,15H2/t22-/m0/s1. The first-order chi connectivity index (χ1) is 13.1. The van der Waals surface area contributed by atoms with Crippen molar-refractivity contribution >= 4 is 27.7 Å². The zero-order valence-electron chi connectivity index (χ0n) is 14.4. The summed E-state index contributed by atoms with van der Waals surface area (Å²) in [5.41, 5.74) is 1.09. The van der Waals surface area contributed by atoms with Gasteiger partial charge < -0.3 is 9.47 Å². The molecule has 0 aliphatic heterocycles. The van der Waals surface area contributed by atoms with Crippen molar-refractivity contribution in [3.05, 3.63) is 101 Å². The van der Waals surface area contributed by atoms with Crippen LogP contribution in [0.15, 0.2) is 89.4 Å². The van der Waals surface area contributed by atoms with E-state index in [1.807, 2.05) is 24.3 Å². The molecule has 136 valence electrons. The smallest absolute Gasteiger partial charge is 0.345 e. The van der Waals surface area contributed by atoms with E-state index in [-0.39, 0.29) is 12.4 Å². The maximum absolute atomic E-state index is 12.9. The first kappa shape index (κ1) is 18.9. The Hall–Kier alpha value is -2.92. The number of benzene rings is 3. The first-order valence-electron chi connectivity index (χ1n) is 8.35. The van der Waals surface area contributed by atoms with Crippen LogP contribution in [0.3, 0.4) is 0 Å². The first-order valence-corrected chi connectivity index (χ1v) is 9.15. The maximum Gasteiger partial charge on any atom is 0.345 e. The van der Waals surface area contributed by atoms with Crippen LogP contribution in [0.5, 0.6) is 5.75 Å². The fourth-order valence-corrected chi connectivity index (χ4v) is 2.76. The predicted octanol–water partition coefficient (Wildman–Crippen LogP) is 5.00. The van der Waals surface area contributed by atoms with Gasteiger partial charge in [0.25, 0.3) is 0 Å². The van der Waals surface area contributed by atoms with Crippen molar-refractivity contribution in [3.8, 4) is 5.75 Å². The van der Waals surface area contributed by atoms with Crippen LogP contribution in [0.1, 0.15) is 22.0 Å². The van der Waals surface area contributed by atoms with E-state index in [0.29, 0.717) is 16.9 Å². The molecule has 4 nitrogen and oxygen atoms in total. The zero-order chi connectivity index (χ0) is 19.1. The van der Waals surface area contributed by atoms with Crippen LogP contribution in [-0.4, -0.2) is 18.4 Å². The fourth-order valence-electron chi connectivity index (χ4n) is 2.49. The van der Waals surface area contributed by atoms with E-state index in [0.717, 1.165) is 4.47 Å². The summed E-state index contributed by atoms with van der Waals surface area (Å²) in [6.07, 6.45) is -1.02. The van der Waals surface area contributed by atoms with Crippen LogP contribution in [-0.2, 0) is 9.53 Å². The molecular formula is C22H17BrO4. The SMILES string of the molecule is O=C(COc1ccc(Br)cc1)O[C@H](C(=O)c1ccccc1)c1ccccc1. The number of ether oxygens (including phenoxy) is 2. The monoisotopic (exact) mass is 424 g/mol. The second-order valence-electron chi connectivity index (χ2n) is 5.75. The lowest BCUT2D eigenvalue weighted by atomic mass is 10.00. The minimum Gasteiger partial charge on any atom is -0.482 e. The van der Waals surface area contributed by atoms with Crippen LogP contribution in [0, 0.1) is 0 Å². The molecule has 27 heavy (non-hydrogen) atoms. The second-order valence-corrected chi connectivity index (χ2v) is 6.67. The van der Waals surface area contributed by atoms with Crippen molar-refractivity contribution in [1.29, 1.82) is 0 Å². The average Bonchev–Trinajstić information content (AvgIpc) is 2.72. The Morgan fingerprint density at radius 1 is 0.815 bits per heavy atom. The number of rotatable bonds is 7. The van der Waals surface area contributed by atoms with Crippen LogP contribution in [0.4, 0.5) is 0 Å². The predicted molar refractivity (Wildman–Crippen MR) is 106 cm³/mol. The van der Waals surface area contributed by atoms with Crippen LogP contribution in [0.25, 0.3) is 0 Å². The summed E-state index contributed by atoms with van der Waals surface area (Å²) in [6.45, 7) is -0.285. The third-order valence-electron chi connectivity index (χ3n) is 3.82. The quantitative estimate of drug-likeness (QED) is 0.395. The summed E-state index contributed by atoms with van der Waals surface area (Å²) >= 11 is 3.34. The molecule has 0 fully saturated rings. The molecule has 0 heterocycles. The number of ketones is 1. The summed E-state index contributed by atoms with van der Waals surface area (Å²) in [5, 5.41) is 0. The highest BCUT2D eigenvalue weighted by Crippen LogP contribution is 2.23. The Kier molecular flexibility index (Phi) is 6.39. The maximum atomic E-state index is 12.9. The number of hydrogen-bond donors (Lipinski definition) is 0. The number of carbonyl (C=O) groups excluding carboxylic acids is 2. The van der Waals surface area contributed by atoms with E-state index in [4.69, 9.17) is 9.47 Å². The van der Waals surface area contributed by atoms with Gasteiger partial charge in [-0.05, 0) is 24.3 Å². The topological polar surface area (TPSA) is 52.6 Å². The number of carbonyl (C=O) groups is 2. The molecule has 0 radical (unpaired) electrons. The third kappa shape index (κ3) is 5.28. The van der Waals surface area contributed by atoms with E-state index in [1.54, 1.807) is 60.7 Å². The largest absolute Gasteiger partial charge is 0.482 e. The number of halogens is 1. The Labute approximate surface area is 165 Å². The summed E-state index contributed by atoms with van der Waals surface area (Å²) in [7, 11) is 0. The summed E-state index contributed by atoms with van der Waals surface area (Å²) in [5.74, 6) is -0.351. The van der Waals surface area contributed by atoms with Crippen molar-refractivity contribution in [3.63, 3.8) is 0 Å². The van der Waals surface area contributed by atoms with Gasteiger partial charge in [-0.1, -0.05) is 76.6 Å². The van der Waals surface area contributed by atoms with E-state index < -0.39 is 12.1 Å². The molecule has 3 rings (SSSR count). The van der Waals surface area contributed by atoms with Gasteiger partial charge in [-0.15, -0.1) is 0 Å². The molecule has 0 aliphatic rings. The van der Waals surface area contributed by atoms with Crippen molar-refractivity contribution in [1.82, 2.24) is 0 Å². The molecule has 3 aromatic rings. The molecule has 5 heteroatoms. The highest BCUT2D eigenvalue weighted by Gasteiger charge is 2.26. The molecular weight excluding hydrogens is 408 g/mol. The third-order valence-corrected chi connectivity index (χ3v) is 4.35. The summed E-state index contributed by atoms with van der Waals surface area (Å²) in [6, 6.07) is 24.8. The van der Waals surface area contributed by atoms with Crippen LogP contribution < -0.4 is 4.74 Å². The van der Waals surface area contributed by atoms with Gasteiger partial charge >= 0.3 is 5.97 Å². The van der Waals surface area contributed by atoms with Gasteiger partial charge in [0.1, 0.15) is 5.75 Å². The molecule has 0 saturated heterocycles. The highest BCUT2D eigenvalue weighted by atomic mass is 79.9. The van der Waals surface area contributed by atoms with Crippen LogP contribution in [0.2, 0.25) is 0 Å². The van der Waals surface area contributed by atoms with Crippen molar-refractivity contribution < 1.29 is 19.1 Å². The molecule has 3 aromatic carbocycles. The number of Topliss-reactive ketones (excluding diaryl/α,β-unsaturated/α-hetero) is 1. The lowest BCUT2D eigenvalue weighted by Crippen LogP contribution is -2.23. The van der Waals surface area contributed by atoms with E-state index in [2.05, 4.69) is 15.9 Å². The molecule has 1 atom stereocenters. The Bertz CT molecular complexity index is 893. The lowest BCUT2D eigenvalue weighted by Gasteiger charge is -2.17. The number of esters is 1. The molecule has 0 aromatic heterocycles. The normalized spacial score (nSPS) is 11.4. The van der Waals surface area contributed by atoms with E-state index >= 15 is 0 Å². The van der Waals surface area contributed by atoms with Gasteiger partial charge in [-0.2, -0.15) is 0 Å².